The Morgan fingerprint density at radius 1 is 1.12 bits per heavy atom. The lowest BCUT2D eigenvalue weighted by atomic mass is 10.1. The van der Waals surface area contributed by atoms with Crippen LogP contribution in [0.3, 0.4) is 0 Å². The Labute approximate surface area is 140 Å². The maximum Gasteiger partial charge on any atom is 0.269 e. The van der Waals surface area contributed by atoms with E-state index in [1.165, 1.54) is 18.3 Å². The molecule has 0 aliphatic rings. The summed E-state index contributed by atoms with van der Waals surface area (Å²) < 4.78 is 5.61. The van der Waals surface area contributed by atoms with Crippen molar-refractivity contribution in [3.05, 3.63) is 69.6 Å². The molecule has 0 bridgehead atoms. The predicted molar refractivity (Wildman–Crippen MR) is 89.1 cm³/mol. The largest absolute Gasteiger partial charge is 0.455 e. The van der Waals surface area contributed by atoms with Crippen molar-refractivity contribution in [3.8, 4) is 11.3 Å². The molecule has 3 aromatic rings. The number of furan rings is 1. The molecule has 3 rings (SSSR count). The molecule has 24 heavy (non-hydrogen) atoms. The number of rotatable bonds is 5. The smallest absolute Gasteiger partial charge is 0.269 e. The van der Waals surface area contributed by atoms with Crippen LogP contribution >= 0.6 is 11.6 Å². The Balaban J connectivity index is 1.67. The molecule has 0 saturated carbocycles. The molecule has 0 unspecified atom stereocenters. The van der Waals surface area contributed by atoms with Gasteiger partial charge in [0.05, 0.1) is 11.1 Å². The number of hydrogen-bond acceptors (Lipinski definition) is 7. The lowest BCUT2D eigenvalue weighted by Crippen LogP contribution is -1.94. The van der Waals surface area contributed by atoms with E-state index in [4.69, 9.17) is 16.0 Å². The SMILES string of the molecule is O=[N+]([O-])c1ccc(-c2ccc(/C=N/Nc3ccc(Cl)nn3)o2)cc1. The van der Waals surface area contributed by atoms with Crippen LogP contribution in [-0.2, 0) is 0 Å². The molecule has 0 aliphatic heterocycles. The van der Waals surface area contributed by atoms with Crippen molar-refractivity contribution in [1.29, 1.82) is 0 Å². The fourth-order valence-electron chi connectivity index (χ4n) is 1.86. The molecule has 2 heterocycles. The van der Waals surface area contributed by atoms with Gasteiger partial charge in [0, 0.05) is 17.7 Å². The lowest BCUT2D eigenvalue weighted by Gasteiger charge is -1.97. The van der Waals surface area contributed by atoms with E-state index in [1.54, 1.807) is 36.4 Å². The van der Waals surface area contributed by atoms with E-state index >= 15 is 0 Å². The topological polar surface area (TPSA) is 106 Å². The summed E-state index contributed by atoms with van der Waals surface area (Å²) in [6.07, 6.45) is 1.48. The van der Waals surface area contributed by atoms with Gasteiger partial charge >= 0.3 is 0 Å². The third-order valence-corrected chi connectivity index (χ3v) is 3.19. The summed E-state index contributed by atoms with van der Waals surface area (Å²) in [5.41, 5.74) is 3.45. The molecule has 1 N–H and O–H groups in total. The minimum atomic E-state index is -0.449. The fraction of sp³-hybridized carbons (Fsp3) is 0. The van der Waals surface area contributed by atoms with Crippen LogP contribution in [0.25, 0.3) is 11.3 Å². The number of hydrazone groups is 1. The first kappa shape index (κ1) is 15.6. The van der Waals surface area contributed by atoms with Gasteiger partial charge in [-0.05, 0) is 36.4 Å². The van der Waals surface area contributed by atoms with Crippen LogP contribution in [0.5, 0.6) is 0 Å². The Hall–Kier alpha value is -3.26. The van der Waals surface area contributed by atoms with E-state index in [0.29, 0.717) is 22.5 Å². The molecular weight excluding hydrogens is 334 g/mol. The van der Waals surface area contributed by atoms with Crippen LogP contribution in [-0.4, -0.2) is 21.3 Å². The zero-order chi connectivity index (χ0) is 16.9. The van der Waals surface area contributed by atoms with Crippen LogP contribution in [0, 0.1) is 10.1 Å². The first-order valence-electron chi connectivity index (χ1n) is 6.75. The van der Waals surface area contributed by atoms with Gasteiger partial charge in [0.2, 0.25) is 0 Å². The highest BCUT2D eigenvalue weighted by molar-refractivity contribution is 6.29. The van der Waals surface area contributed by atoms with E-state index in [2.05, 4.69) is 20.7 Å². The first-order chi connectivity index (χ1) is 11.6. The van der Waals surface area contributed by atoms with Crippen molar-refractivity contribution < 1.29 is 9.34 Å². The van der Waals surface area contributed by atoms with Gasteiger partial charge in [0.1, 0.15) is 11.5 Å². The molecule has 0 fully saturated rings. The number of non-ortho nitro benzene ring substituents is 1. The van der Waals surface area contributed by atoms with Crippen molar-refractivity contribution in [3.63, 3.8) is 0 Å². The minimum Gasteiger partial charge on any atom is -0.455 e. The van der Waals surface area contributed by atoms with Crippen molar-refractivity contribution in [2.24, 2.45) is 5.10 Å². The highest BCUT2D eigenvalue weighted by atomic mass is 35.5. The maximum atomic E-state index is 10.6. The van der Waals surface area contributed by atoms with Gasteiger partial charge < -0.3 is 4.42 Å². The molecule has 0 amide bonds. The van der Waals surface area contributed by atoms with Crippen LogP contribution in [0.1, 0.15) is 5.76 Å². The highest BCUT2D eigenvalue weighted by Crippen LogP contribution is 2.24. The summed E-state index contributed by atoms with van der Waals surface area (Å²) in [6, 6.07) is 12.8. The fourth-order valence-corrected chi connectivity index (χ4v) is 1.96. The monoisotopic (exact) mass is 343 g/mol. The summed E-state index contributed by atoms with van der Waals surface area (Å²) in [6.45, 7) is 0. The molecule has 8 nitrogen and oxygen atoms in total. The van der Waals surface area contributed by atoms with Gasteiger partial charge in [-0.1, -0.05) is 11.6 Å². The number of nitro benzene ring substituents is 1. The van der Waals surface area contributed by atoms with Crippen molar-refractivity contribution in [2.45, 2.75) is 0 Å². The molecule has 2 aromatic heterocycles. The van der Waals surface area contributed by atoms with E-state index in [-0.39, 0.29) is 5.69 Å². The molecule has 0 spiro atoms. The summed E-state index contributed by atoms with van der Waals surface area (Å²) in [4.78, 5) is 10.2. The number of nitrogens with one attached hydrogen (secondary N) is 1. The van der Waals surface area contributed by atoms with Gasteiger partial charge in [-0.25, -0.2) is 0 Å². The standard InChI is InChI=1S/C15H10ClN5O3/c16-14-7-8-15(20-18-14)19-17-9-12-5-6-13(24-12)10-1-3-11(4-2-10)21(22)23/h1-9H,(H,19,20)/b17-9+. The molecule has 0 aliphatic carbocycles. The van der Waals surface area contributed by atoms with Gasteiger partial charge in [0.15, 0.2) is 11.0 Å². The zero-order valence-corrected chi connectivity index (χ0v) is 12.8. The second-order valence-corrected chi connectivity index (χ2v) is 5.00. The van der Waals surface area contributed by atoms with Crippen LogP contribution in [0.2, 0.25) is 5.15 Å². The number of nitrogens with zero attached hydrogens (tertiary/aromatic N) is 4. The molecule has 0 atom stereocenters. The van der Waals surface area contributed by atoms with Gasteiger partial charge in [-0.2, -0.15) is 5.10 Å². The van der Waals surface area contributed by atoms with E-state index < -0.39 is 4.92 Å². The average molecular weight is 344 g/mol. The van der Waals surface area contributed by atoms with Gasteiger partial charge in [-0.3, -0.25) is 15.5 Å². The maximum absolute atomic E-state index is 10.6. The third-order valence-electron chi connectivity index (χ3n) is 2.99. The van der Waals surface area contributed by atoms with Crippen molar-refractivity contribution in [1.82, 2.24) is 10.2 Å². The number of nitro groups is 1. The molecule has 9 heteroatoms. The van der Waals surface area contributed by atoms with Crippen molar-refractivity contribution in [2.75, 3.05) is 5.43 Å². The summed E-state index contributed by atoms with van der Waals surface area (Å²) >= 11 is 5.64. The number of aromatic nitrogens is 2. The number of halogens is 1. The third kappa shape index (κ3) is 3.73. The molecule has 0 saturated heterocycles. The second-order valence-electron chi connectivity index (χ2n) is 4.62. The summed E-state index contributed by atoms with van der Waals surface area (Å²) in [5.74, 6) is 1.54. The highest BCUT2D eigenvalue weighted by Gasteiger charge is 2.07. The van der Waals surface area contributed by atoms with Gasteiger partial charge in [0.25, 0.3) is 5.69 Å². The van der Waals surface area contributed by atoms with E-state index in [9.17, 15) is 10.1 Å². The second kappa shape index (κ2) is 6.88. The lowest BCUT2D eigenvalue weighted by molar-refractivity contribution is -0.384. The number of benzene rings is 1. The summed E-state index contributed by atoms with van der Waals surface area (Å²) in [7, 11) is 0. The average Bonchev–Trinajstić information content (AvgIpc) is 3.06. The zero-order valence-electron chi connectivity index (χ0n) is 12.1. The molecule has 1 aromatic carbocycles. The summed E-state index contributed by atoms with van der Waals surface area (Å²) in [5, 5.41) is 22.4. The van der Waals surface area contributed by atoms with Crippen molar-refractivity contribution >= 4 is 29.3 Å². The van der Waals surface area contributed by atoms with Crippen LogP contribution in [0.15, 0.2) is 58.0 Å². The minimum absolute atomic E-state index is 0.0281. The van der Waals surface area contributed by atoms with E-state index in [1.807, 2.05) is 0 Å². The first-order valence-corrected chi connectivity index (χ1v) is 7.12. The Bertz CT molecular complexity index is 875. The number of anilines is 1. The molecular formula is C15H10ClN5O3. The Kier molecular flexibility index (Phi) is 4.48. The Morgan fingerprint density at radius 2 is 1.92 bits per heavy atom. The van der Waals surface area contributed by atoms with E-state index in [0.717, 1.165) is 5.56 Å². The molecule has 0 radical (unpaired) electrons. The normalized spacial score (nSPS) is 10.9. The number of hydrogen-bond donors (Lipinski definition) is 1. The van der Waals surface area contributed by atoms with Crippen LogP contribution < -0.4 is 5.43 Å². The molecule has 120 valence electrons. The van der Waals surface area contributed by atoms with Gasteiger partial charge in [-0.15, -0.1) is 10.2 Å². The van der Waals surface area contributed by atoms with Crippen LogP contribution in [0.4, 0.5) is 11.5 Å². The Morgan fingerprint density at radius 3 is 2.58 bits per heavy atom. The quantitative estimate of drug-likeness (QED) is 0.429. The predicted octanol–water partition coefficient (Wildman–Crippen LogP) is 3.74.